The van der Waals surface area contributed by atoms with Gasteiger partial charge >= 0.3 is 0 Å². The highest BCUT2D eigenvalue weighted by Crippen LogP contribution is 2.22. The van der Waals surface area contributed by atoms with Crippen LogP contribution in [0.2, 0.25) is 0 Å². The number of rotatable bonds is 4. The van der Waals surface area contributed by atoms with Gasteiger partial charge in [0, 0.05) is 35.9 Å². The monoisotopic (exact) mass is 370 g/mol. The Balaban J connectivity index is 1.45. The number of fused-ring (bicyclic) bond motifs is 1. The van der Waals surface area contributed by atoms with E-state index in [1.807, 2.05) is 6.92 Å². The minimum atomic E-state index is -0.244. The minimum absolute atomic E-state index is 0.244. The van der Waals surface area contributed by atoms with Crippen LogP contribution in [0.3, 0.4) is 0 Å². The molecule has 1 saturated heterocycles. The van der Waals surface area contributed by atoms with E-state index in [1.165, 1.54) is 23.4 Å². The molecule has 1 aromatic carbocycles. The molecule has 1 unspecified atom stereocenters. The van der Waals surface area contributed by atoms with Crippen molar-refractivity contribution >= 4 is 28.2 Å². The maximum atomic E-state index is 13.5. The average Bonchev–Trinajstić information content (AvgIpc) is 3.04. The van der Waals surface area contributed by atoms with Gasteiger partial charge in [-0.05, 0) is 55.8 Å². The summed E-state index contributed by atoms with van der Waals surface area (Å²) in [5, 5.41) is 6.60. The van der Waals surface area contributed by atoms with Gasteiger partial charge in [-0.15, -0.1) is 11.3 Å². The van der Waals surface area contributed by atoms with Gasteiger partial charge in [0.2, 0.25) is 5.95 Å². The van der Waals surface area contributed by atoms with Gasteiger partial charge in [-0.25, -0.2) is 14.4 Å². The first-order valence-electron chi connectivity index (χ1n) is 9.13. The predicted molar refractivity (Wildman–Crippen MR) is 105 cm³/mol. The number of hydrogen-bond donors (Lipinski definition) is 1. The Bertz CT molecular complexity index is 881. The molecule has 3 heterocycles. The molecule has 0 radical (unpaired) electrons. The number of nitrogens with one attached hydrogen (secondary N) is 1. The van der Waals surface area contributed by atoms with Crippen LogP contribution in [0.4, 0.5) is 10.3 Å². The highest BCUT2D eigenvalue weighted by atomic mass is 32.1. The van der Waals surface area contributed by atoms with E-state index in [0.29, 0.717) is 6.04 Å². The summed E-state index contributed by atoms with van der Waals surface area (Å²) in [6.45, 7) is 4.77. The minimum Gasteiger partial charge on any atom is -0.341 e. The summed E-state index contributed by atoms with van der Waals surface area (Å²) in [7, 11) is 0. The third-order valence-corrected chi connectivity index (χ3v) is 5.87. The molecule has 0 amide bonds. The van der Waals surface area contributed by atoms with E-state index in [-0.39, 0.29) is 5.82 Å². The van der Waals surface area contributed by atoms with Crippen molar-refractivity contribution in [2.24, 2.45) is 0 Å². The second kappa shape index (κ2) is 7.68. The maximum Gasteiger partial charge on any atom is 0.226 e. The second-order valence-electron chi connectivity index (χ2n) is 6.85. The predicted octanol–water partition coefficient (Wildman–Crippen LogP) is 4.29. The Hall–Kier alpha value is -2.05. The third-order valence-electron chi connectivity index (χ3n) is 4.99. The van der Waals surface area contributed by atoms with E-state index in [9.17, 15) is 4.39 Å². The first-order chi connectivity index (χ1) is 12.7. The molecule has 1 atom stereocenters. The van der Waals surface area contributed by atoms with Crippen molar-refractivity contribution in [2.75, 3.05) is 18.0 Å². The summed E-state index contributed by atoms with van der Waals surface area (Å²) >= 11 is 1.80. The van der Waals surface area contributed by atoms with Crippen molar-refractivity contribution in [1.29, 1.82) is 0 Å². The van der Waals surface area contributed by atoms with E-state index < -0.39 is 0 Å². The van der Waals surface area contributed by atoms with Crippen molar-refractivity contribution in [3.05, 3.63) is 52.1 Å². The molecule has 0 saturated carbocycles. The van der Waals surface area contributed by atoms with Crippen LogP contribution in [0.15, 0.2) is 35.7 Å². The molecule has 26 heavy (non-hydrogen) atoms. The molecule has 0 spiro atoms. The zero-order valence-electron chi connectivity index (χ0n) is 14.9. The Morgan fingerprint density at radius 3 is 3.00 bits per heavy atom. The number of nitrogens with zero attached hydrogens (tertiary/aromatic N) is 3. The van der Waals surface area contributed by atoms with Crippen molar-refractivity contribution in [2.45, 2.75) is 38.8 Å². The molecule has 0 bridgehead atoms. The molecule has 0 aliphatic carbocycles. The van der Waals surface area contributed by atoms with Gasteiger partial charge in [-0.2, -0.15) is 0 Å². The SMILES string of the molecule is Cc1nc(N2CCCC(NCc3cccs3)CC2)nc2ccc(F)cc12. The van der Waals surface area contributed by atoms with Crippen molar-refractivity contribution < 1.29 is 4.39 Å². The van der Waals surface area contributed by atoms with Crippen LogP contribution in [0.1, 0.15) is 29.8 Å². The first-order valence-corrected chi connectivity index (χ1v) is 10.0. The number of benzene rings is 1. The summed E-state index contributed by atoms with van der Waals surface area (Å²) in [5.41, 5.74) is 1.65. The quantitative estimate of drug-likeness (QED) is 0.744. The smallest absolute Gasteiger partial charge is 0.226 e. The maximum absolute atomic E-state index is 13.5. The Morgan fingerprint density at radius 1 is 1.23 bits per heavy atom. The normalized spacial score (nSPS) is 18.2. The summed E-state index contributed by atoms with van der Waals surface area (Å²) in [6, 6.07) is 9.52. The van der Waals surface area contributed by atoms with Crippen LogP contribution < -0.4 is 10.2 Å². The molecule has 136 valence electrons. The van der Waals surface area contributed by atoms with Crippen LogP contribution in [0, 0.1) is 12.7 Å². The summed E-state index contributed by atoms with van der Waals surface area (Å²) in [4.78, 5) is 13.0. The highest BCUT2D eigenvalue weighted by Gasteiger charge is 2.19. The second-order valence-corrected chi connectivity index (χ2v) is 7.88. The van der Waals surface area contributed by atoms with Crippen molar-refractivity contribution in [3.8, 4) is 0 Å². The van der Waals surface area contributed by atoms with Crippen LogP contribution in [-0.2, 0) is 6.54 Å². The molecule has 4 rings (SSSR count). The topological polar surface area (TPSA) is 41.1 Å². The van der Waals surface area contributed by atoms with E-state index in [0.717, 1.165) is 55.0 Å². The Labute approximate surface area is 157 Å². The van der Waals surface area contributed by atoms with Crippen LogP contribution in [0.25, 0.3) is 10.9 Å². The molecule has 1 aliphatic heterocycles. The number of hydrogen-bond acceptors (Lipinski definition) is 5. The third kappa shape index (κ3) is 3.86. The molecular formula is C20H23FN4S. The Kier molecular flexibility index (Phi) is 5.13. The lowest BCUT2D eigenvalue weighted by atomic mass is 10.1. The fraction of sp³-hybridized carbons (Fsp3) is 0.400. The van der Waals surface area contributed by atoms with Crippen LogP contribution in [-0.4, -0.2) is 29.1 Å². The van der Waals surface area contributed by atoms with Gasteiger partial charge in [0.25, 0.3) is 0 Å². The molecule has 4 nitrogen and oxygen atoms in total. The summed E-state index contributed by atoms with van der Waals surface area (Å²) < 4.78 is 13.5. The lowest BCUT2D eigenvalue weighted by molar-refractivity contribution is 0.472. The average molecular weight is 370 g/mol. The molecule has 1 fully saturated rings. The van der Waals surface area contributed by atoms with E-state index >= 15 is 0 Å². The molecule has 3 aromatic rings. The first kappa shape index (κ1) is 17.4. The van der Waals surface area contributed by atoms with Crippen LogP contribution in [0.5, 0.6) is 0 Å². The summed E-state index contributed by atoms with van der Waals surface area (Å²) in [6.07, 6.45) is 3.36. The number of anilines is 1. The van der Waals surface area contributed by atoms with Gasteiger partial charge in [0.1, 0.15) is 5.82 Å². The van der Waals surface area contributed by atoms with Gasteiger partial charge in [-0.1, -0.05) is 6.07 Å². The number of thiophene rings is 1. The molecule has 2 aromatic heterocycles. The lowest BCUT2D eigenvalue weighted by Crippen LogP contribution is -2.31. The van der Waals surface area contributed by atoms with E-state index in [2.05, 4.69) is 37.7 Å². The van der Waals surface area contributed by atoms with E-state index in [1.54, 1.807) is 17.4 Å². The zero-order chi connectivity index (χ0) is 17.9. The van der Waals surface area contributed by atoms with Gasteiger partial charge in [-0.3, -0.25) is 0 Å². The number of aromatic nitrogens is 2. The van der Waals surface area contributed by atoms with Gasteiger partial charge < -0.3 is 10.2 Å². The molecule has 1 N–H and O–H groups in total. The fourth-order valence-corrected chi connectivity index (χ4v) is 4.19. The standard InChI is InChI=1S/C20H23FN4S/c1-14-18-12-15(21)6-7-19(18)24-20(23-14)25-9-2-4-16(8-10-25)22-13-17-5-3-11-26-17/h3,5-7,11-12,16,22H,2,4,8-10,13H2,1H3. The highest BCUT2D eigenvalue weighted by molar-refractivity contribution is 7.09. The van der Waals surface area contributed by atoms with Crippen molar-refractivity contribution in [3.63, 3.8) is 0 Å². The zero-order valence-corrected chi connectivity index (χ0v) is 15.7. The molecule has 6 heteroatoms. The summed E-state index contributed by atoms with van der Waals surface area (Å²) in [5.74, 6) is 0.520. The van der Waals surface area contributed by atoms with Gasteiger partial charge in [0.05, 0.1) is 11.2 Å². The van der Waals surface area contributed by atoms with Crippen molar-refractivity contribution in [1.82, 2.24) is 15.3 Å². The fourth-order valence-electron chi connectivity index (χ4n) is 3.54. The van der Waals surface area contributed by atoms with E-state index in [4.69, 9.17) is 0 Å². The number of aryl methyl sites for hydroxylation is 1. The number of halogens is 1. The molecular weight excluding hydrogens is 347 g/mol. The van der Waals surface area contributed by atoms with Gasteiger partial charge in [0.15, 0.2) is 0 Å². The Morgan fingerprint density at radius 2 is 2.15 bits per heavy atom. The largest absolute Gasteiger partial charge is 0.341 e. The lowest BCUT2D eigenvalue weighted by Gasteiger charge is -2.21. The van der Waals surface area contributed by atoms with Crippen LogP contribution >= 0.6 is 11.3 Å². The molecule has 1 aliphatic rings.